The van der Waals surface area contributed by atoms with Crippen LogP contribution in [0.2, 0.25) is 0 Å². The third-order valence-corrected chi connectivity index (χ3v) is 5.60. The van der Waals surface area contributed by atoms with E-state index in [1.165, 1.54) is 12.3 Å². The van der Waals surface area contributed by atoms with Gasteiger partial charge >= 0.3 is 22.4 Å². The number of thiazole rings is 1. The highest BCUT2D eigenvalue weighted by Crippen LogP contribution is 2.24. The number of nitrogens with one attached hydrogen (secondary N) is 2. The van der Waals surface area contributed by atoms with Crippen LogP contribution in [0.5, 0.6) is 0 Å². The Labute approximate surface area is 199 Å². The number of carbonyl (C=O) groups is 5. The Balaban J connectivity index is 2.19. The minimum Gasteiger partial charge on any atom is -0.479 e. The molecule has 0 spiro atoms. The third-order valence-electron chi connectivity index (χ3n) is 3.98. The second kappa shape index (κ2) is 11.4. The molecule has 3 atom stereocenters. The van der Waals surface area contributed by atoms with Gasteiger partial charge in [0.2, 0.25) is 13.0 Å². The lowest BCUT2D eigenvalue weighted by atomic mass is 9.99. The van der Waals surface area contributed by atoms with Gasteiger partial charge in [-0.05, 0) is 6.92 Å². The van der Waals surface area contributed by atoms with Gasteiger partial charge in [-0.3, -0.25) is 18.9 Å². The van der Waals surface area contributed by atoms with Crippen molar-refractivity contribution in [2.45, 2.75) is 25.2 Å². The van der Waals surface area contributed by atoms with Gasteiger partial charge in [0.15, 0.2) is 17.1 Å². The van der Waals surface area contributed by atoms with E-state index in [0.717, 1.165) is 11.3 Å². The van der Waals surface area contributed by atoms with E-state index in [4.69, 9.17) is 15.6 Å². The fourth-order valence-corrected chi connectivity index (χ4v) is 3.96. The van der Waals surface area contributed by atoms with E-state index in [0.29, 0.717) is 0 Å². The molecular weight excluding hydrogens is 520 g/mol. The molecule has 1 aromatic heterocycles. The van der Waals surface area contributed by atoms with Crippen molar-refractivity contribution in [3.63, 3.8) is 0 Å². The first-order valence-corrected chi connectivity index (χ1v) is 11.4. The molecule has 35 heavy (non-hydrogen) atoms. The van der Waals surface area contributed by atoms with E-state index in [1.54, 1.807) is 0 Å². The summed E-state index contributed by atoms with van der Waals surface area (Å²) in [5.74, 6) is -3.86. The molecule has 0 saturated carbocycles. The lowest BCUT2D eigenvalue weighted by molar-refractivity contribution is -0.147. The number of nitrogens with two attached hydrogens (primary N) is 1. The van der Waals surface area contributed by atoms with Gasteiger partial charge in [-0.15, -0.1) is 11.3 Å². The van der Waals surface area contributed by atoms with Gasteiger partial charge in [-0.25, -0.2) is 18.9 Å². The zero-order valence-electron chi connectivity index (χ0n) is 17.5. The molecule has 0 radical (unpaired) electrons. The summed E-state index contributed by atoms with van der Waals surface area (Å²) in [7, 11) is -5.11. The summed E-state index contributed by atoms with van der Waals surface area (Å²) in [6, 6.07) is -3.26. The molecule has 1 fully saturated rings. The summed E-state index contributed by atoms with van der Waals surface area (Å²) in [5, 5.41) is 17.5. The number of carbonyl (C=O) groups excluding carboxylic acids is 4. The zero-order chi connectivity index (χ0) is 26.3. The van der Waals surface area contributed by atoms with E-state index in [-0.39, 0.29) is 21.5 Å². The van der Waals surface area contributed by atoms with Gasteiger partial charge in [-0.1, -0.05) is 5.16 Å². The monoisotopic (exact) mass is 538 g/mol. The number of hydrogen-bond acceptors (Lipinski definition) is 14. The Morgan fingerprint density at radius 2 is 2.11 bits per heavy atom. The first kappa shape index (κ1) is 27.2. The van der Waals surface area contributed by atoms with Crippen LogP contribution < -0.4 is 16.4 Å². The van der Waals surface area contributed by atoms with Gasteiger partial charge in [-0.2, -0.15) is 8.42 Å². The summed E-state index contributed by atoms with van der Waals surface area (Å²) in [6.07, 6.45) is -2.23. The number of nitrogen functional groups attached to an aromatic ring is 1. The quantitative estimate of drug-likeness (QED) is 0.0344. The van der Waals surface area contributed by atoms with Crippen LogP contribution in [0.1, 0.15) is 12.6 Å². The summed E-state index contributed by atoms with van der Waals surface area (Å²) in [4.78, 5) is 66.1. The van der Waals surface area contributed by atoms with Gasteiger partial charge in [0.25, 0.3) is 11.8 Å². The Morgan fingerprint density at radius 3 is 2.66 bits per heavy atom. The third kappa shape index (κ3) is 7.22. The van der Waals surface area contributed by atoms with Gasteiger partial charge in [0.1, 0.15) is 24.4 Å². The fraction of sp³-hybridized carbons (Fsp3) is 0.400. The fourth-order valence-electron chi connectivity index (χ4n) is 2.55. The van der Waals surface area contributed by atoms with E-state index < -0.39 is 71.5 Å². The minimum absolute atomic E-state index is 0.0130. The van der Waals surface area contributed by atoms with Crippen molar-refractivity contribution in [3.8, 4) is 0 Å². The number of ether oxygens (including phenoxy) is 2. The number of nitrogens with zero attached hydrogens (tertiary/aromatic N) is 3. The molecule has 6 N–H and O–H groups in total. The molecule has 1 aliphatic rings. The summed E-state index contributed by atoms with van der Waals surface area (Å²) in [5.41, 5.74) is 4.75. The SMILES string of the molecule is CC(NC=O)OC(=O)OCC1C(NC(=O)/C(=N\OCC(=O)O)c2csc(N)n2)C(=O)N1S(=O)(=O)O. The molecule has 2 heterocycles. The standard InChI is InChI=1S/C15H18N6O12S2/c1-6(17-5-22)33-15(27)31-2-8-11(13(26)21(8)35(28,29)30)19-12(25)10(20-32-3-9(23)24)7-4-34-14(16)18-7/h4-6,8,11H,2-3H2,1H3,(H2,16,18)(H,17,22)(H,19,25)(H,23,24)(H,28,29,30)/b20-10-. The number of anilines is 1. The second-order valence-corrected chi connectivity index (χ2v) is 8.59. The number of β-lactam (4-membered cyclic amide) rings is 1. The average molecular weight is 538 g/mol. The van der Waals surface area contributed by atoms with Crippen LogP contribution in [0.15, 0.2) is 10.5 Å². The Morgan fingerprint density at radius 1 is 1.43 bits per heavy atom. The summed E-state index contributed by atoms with van der Waals surface area (Å²) < 4.78 is 41.7. The molecule has 192 valence electrons. The van der Waals surface area contributed by atoms with Crippen LogP contribution in [0, 0.1) is 0 Å². The van der Waals surface area contributed by atoms with E-state index in [9.17, 15) is 36.9 Å². The second-order valence-electron chi connectivity index (χ2n) is 6.41. The highest BCUT2D eigenvalue weighted by atomic mass is 32.2. The molecule has 20 heteroatoms. The number of rotatable bonds is 12. The van der Waals surface area contributed by atoms with Crippen molar-refractivity contribution in [1.82, 2.24) is 19.9 Å². The molecule has 1 saturated heterocycles. The van der Waals surface area contributed by atoms with Crippen molar-refractivity contribution in [2.24, 2.45) is 5.16 Å². The molecule has 0 aromatic carbocycles. The van der Waals surface area contributed by atoms with Gasteiger partial charge < -0.3 is 35.8 Å². The molecular formula is C15H18N6O12S2. The predicted octanol–water partition coefficient (Wildman–Crippen LogP) is -2.73. The molecule has 3 amide bonds. The number of amides is 3. The number of aliphatic carboxylic acids is 1. The minimum atomic E-state index is -5.11. The topological polar surface area (TPSA) is 266 Å². The number of carboxylic acid groups (broad SMARTS) is 1. The van der Waals surface area contributed by atoms with E-state index in [2.05, 4.69) is 30.3 Å². The molecule has 3 unspecified atom stereocenters. The van der Waals surface area contributed by atoms with Crippen LogP contribution in [-0.4, -0.2) is 95.0 Å². The highest BCUT2D eigenvalue weighted by Gasteiger charge is 2.55. The van der Waals surface area contributed by atoms with Crippen molar-refractivity contribution in [1.29, 1.82) is 0 Å². The smallest absolute Gasteiger partial charge is 0.479 e. The maximum absolute atomic E-state index is 12.7. The van der Waals surface area contributed by atoms with E-state index in [1.807, 2.05) is 0 Å². The molecule has 0 aliphatic carbocycles. The van der Waals surface area contributed by atoms with Crippen LogP contribution in [0.3, 0.4) is 0 Å². The average Bonchev–Trinajstić information content (AvgIpc) is 3.16. The van der Waals surface area contributed by atoms with E-state index >= 15 is 0 Å². The van der Waals surface area contributed by atoms with Crippen LogP contribution in [-0.2, 0) is 43.8 Å². The zero-order valence-corrected chi connectivity index (χ0v) is 19.1. The van der Waals surface area contributed by atoms with Crippen LogP contribution in [0.4, 0.5) is 9.93 Å². The molecule has 1 aliphatic heterocycles. The lowest BCUT2D eigenvalue weighted by Crippen LogP contribution is -2.73. The Bertz CT molecular complexity index is 1140. The number of hydrogen-bond donors (Lipinski definition) is 5. The molecule has 2 rings (SSSR count). The van der Waals surface area contributed by atoms with Crippen molar-refractivity contribution >= 4 is 62.8 Å². The van der Waals surface area contributed by atoms with Crippen LogP contribution >= 0.6 is 11.3 Å². The Kier molecular flexibility index (Phi) is 8.86. The van der Waals surface area contributed by atoms with Crippen molar-refractivity contribution in [2.75, 3.05) is 18.9 Å². The van der Waals surface area contributed by atoms with Gasteiger partial charge in [0, 0.05) is 5.38 Å². The van der Waals surface area contributed by atoms with Crippen molar-refractivity contribution in [3.05, 3.63) is 11.1 Å². The lowest BCUT2D eigenvalue weighted by Gasteiger charge is -2.43. The molecule has 0 bridgehead atoms. The number of oxime groups is 1. The Hall–Kier alpha value is -4.04. The van der Waals surface area contributed by atoms with Crippen LogP contribution in [0.25, 0.3) is 0 Å². The first-order valence-electron chi connectivity index (χ1n) is 9.13. The normalized spacial score (nSPS) is 18.6. The number of aromatic nitrogens is 1. The predicted molar refractivity (Wildman–Crippen MR) is 112 cm³/mol. The maximum Gasteiger partial charge on any atom is 0.510 e. The molecule has 1 aromatic rings. The van der Waals surface area contributed by atoms with Gasteiger partial charge in [0.05, 0.1) is 0 Å². The summed E-state index contributed by atoms with van der Waals surface area (Å²) in [6.45, 7) is -0.519. The maximum atomic E-state index is 12.7. The number of carboxylic acids is 1. The van der Waals surface area contributed by atoms with Crippen molar-refractivity contribution < 1.29 is 56.4 Å². The highest BCUT2D eigenvalue weighted by molar-refractivity contribution is 7.84. The summed E-state index contributed by atoms with van der Waals surface area (Å²) >= 11 is 0.901. The largest absolute Gasteiger partial charge is 0.510 e. The first-order chi connectivity index (χ1) is 16.3. The molecule has 18 nitrogen and oxygen atoms in total.